The number of ether oxygens (including phenoxy) is 2. The van der Waals surface area contributed by atoms with Crippen molar-refractivity contribution in [1.29, 1.82) is 0 Å². The van der Waals surface area contributed by atoms with Crippen molar-refractivity contribution in [2.45, 2.75) is 82.7 Å². The summed E-state index contributed by atoms with van der Waals surface area (Å²) in [6.45, 7) is 7.02. The number of imide groups is 1. The molecule has 0 bridgehead atoms. The summed E-state index contributed by atoms with van der Waals surface area (Å²) in [5.41, 5.74) is 8.66. The highest BCUT2D eigenvalue weighted by Crippen LogP contribution is 2.43. The van der Waals surface area contributed by atoms with E-state index in [4.69, 9.17) is 25.4 Å². The van der Waals surface area contributed by atoms with Gasteiger partial charge in [-0.1, -0.05) is 22.9 Å². The van der Waals surface area contributed by atoms with Crippen LogP contribution in [0.25, 0.3) is 0 Å². The lowest BCUT2D eigenvalue weighted by Crippen LogP contribution is -2.49. The molecule has 0 aliphatic carbocycles. The number of nitrogens with one attached hydrogen (secondary N) is 3. The van der Waals surface area contributed by atoms with E-state index in [0.717, 1.165) is 38.8 Å². The predicted octanol–water partition coefficient (Wildman–Crippen LogP) is 2.11. The number of aliphatic carboxylic acids is 2. The van der Waals surface area contributed by atoms with Gasteiger partial charge in [0.25, 0.3) is 5.24 Å². The van der Waals surface area contributed by atoms with Gasteiger partial charge < -0.3 is 45.7 Å². The van der Waals surface area contributed by atoms with Crippen LogP contribution in [0.5, 0.6) is 17.2 Å². The highest BCUT2D eigenvalue weighted by atomic mass is 33.1. The Morgan fingerprint density at radius 1 is 1.04 bits per heavy atom. The molecule has 2 aromatic carbocycles. The minimum absolute atomic E-state index is 0.202. The van der Waals surface area contributed by atoms with Crippen LogP contribution in [-0.4, -0.2) is 101 Å². The van der Waals surface area contributed by atoms with Crippen LogP contribution in [0.3, 0.4) is 0 Å². The van der Waals surface area contributed by atoms with Crippen molar-refractivity contribution in [3.63, 3.8) is 0 Å². The Morgan fingerprint density at radius 3 is 2.31 bits per heavy atom. The van der Waals surface area contributed by atoms with E-state index in [9.17, 15) is 42.6 Å². The van der Waals surface area contributed by atoms with Crippen molar-refractivity contribution in [2.75, 3.05) is 18.9 Å². The Morgan fingerprint density at radius 2 is 1.70 bits per heavy atom. The van der Waals surface area contributed by atoms with Crippen molar-refractivity contribution in [3.8, 4) is 17.2 Å². The van der Waals surface area contributed by atoms with Gasteiger partial charge in [-0.3, -0.25) is 34.1 Å². The quantitative estimate of drug-likeness (QED) is 0.0790. The third-order valence-corrected chi connectivity index (χ3v) is 11.6. The SMILES string of the molecule is Cc1c(C)c2c(c(C)c1O)CCC(C)(COc1ccc(CC(C(=O)NC(=O)SSC[C@H](NC(=O)CC[C@H](N)C(=O)O)C(=O)NCC(=O)O)S(=O)O)cc1)O2. The van der Waals surface area contributed by atoms with E-state index in [2.05, 4.69) is 10.6 Å². The van der Waals surface area contributed by atoms with Crippen LogP contribution in [0.15, 0.2) is 24.3 Å². The van der Waals surface area contributed by atoms with Crippen LogP contribution in [0.1, 0.15) is 54.0 Å². The summed E-state index contributed by atoms with van der Waals surface area (Å²) in [6, 6.07) is 3.86. The summed E-state index contributed by atoms with van der Waals surface area (Å²) in [5.74, 6) is -4.12. The van der Waals surface area contributed by atoms with E-state index in [1.165, 1.54) is 0 Å². The van der Waals surface area contributed by atoms with Gasteiger partial charge >= 0.3 is 11.9 Å². The second-order valence-corrected chi connectivity index (χ2v) is 16.3. The number of nitrogens with two attached hydrogens (primary N) is 1. The number of hydrogen-bond donors (Lipinski definition) is 8. The van der Waals surface area contributed by atoms with Crippen LogP contribution in [0.4, 0.5) is 4.79 Å². The van der Waals surface area contributed by atoms with Gasteiger partial charge in [0, 0.05) is 28.5 Å². The maximum atomic E-state index is 12.8. The molecular weight excluding hydrogens is 769 g/mol. The van der Waals surface area contributed by atoms with Crippen LogP contribution >= 0.6 is 21.6 Å². The second kappa shape index (κ2) is 19.8. The van der Waals surface area contributed by atoms with E-state index in [1.54, 1.807) is 24.3 Å². The molecule has 0 aromatic heterocycles. The van der Waals surface area contributed by atoms with Gasteiger partial charge in [0.05, 0.1) is 0 Å². The number of amides is 4. The van der Waals surface area contributed by atoms with Crippen LogP contribution in [0.2, 0.25) is 0 Å². The number of carbonyl (C=O) groups excluding carboxylic acids is 4. The number of hydrogen-bond acceptors (Lipinski definition) is 13. The van der Waals surface area contributed by atoms with Crippen molar-refractivity contribution in [2.24, 2.45) is 5.73 Å². The first kappa shape index (κ1) is 44.0. The molecule has 17 nitrogen and oxygen atoms in total. The molecule has 1 aliphatic rings. The van der Waals surface area contributed by atoms with Crippen molar-refractivity contribution < 1.29 is 62.3 Å². The molecule has 0 saturated carbocycles. The summed E-state index contributed by atoms with van der Waals surface area (Å²) in [7, 11) is 1.18. The number of aromatic hydroxyl groups is 1. The lowest BCUT2D eigenvalue weighted by Gasteiger charge is -2.37. The number of carboxylic acid groups (broad SMARTS) is 2. The standard InChI is InChI=1S/C34H44N4O13S3/c1-17-18(2)29-22(19(3)28(17)42)11-12-34(4,51-29)16-50-21-7-5-20(6-8-21)13-25(54(48)49)31(44)38-33(47)53-52-15-24(30(43)36-14-27(40)41)37-26(39)10-9-23(35)32(45)46/h5-8,23-25,42H,9-16,35H2,1-4H3,(H,36,43)(H,37,39)(H,40,41)(H,45,46)(H,48,49)(H,38,44,47)/t23-,24-,25?,34?/m0/s1. The molecule has 0 fully saturated rings. The molecule has 1 aliphatic heterocycles. The molecule has 20 heteroatoms. The van der Waals surface area contributed by atoms with Crippen molar-refractivity contribution in [1.82, 2.24) is 16.0 Å². The molecule has 4 amide bonds. The fourth-order valence-corrected chi connectivity index (χ4v) is 7.65. The monoisotopic (exact) mass is 812 g/mol. The number of rotatable bonds is 18. The molecule has 3 unspecified atom stereocenters. The van der Waals surface area contributed by atoms with Gasteiger partial charge in [-0.25, -0.2) is 4.21 Å². The number of benzene rings is 2. The predicted molar refractivity (Wildman–Crippen MR) is 201 cm³/mol. The lowest BCUT2D eigenvalue weighted by molar-refractivity contribution is -0.139. The molecule has 5 atom stereocenters. The fourth-order valence-electron chi connectivity index (χ4n) is 5.33. The highest BCUT2D eigenvalue weighted by molar-refractivity contribution is 8.82. The maximum Gasteiger partial charge on any atom is 0.322 e. The molecule has 9 N–H and O–H groups in total. The second-order valence-electron chi connectivity index (χ2n) is 12.8. The van der Waals surface area contributed by atoms with Gasteiger partial charge in [-0.2, -0.15) is 0 Å². The Kier molecular flexibility index (Phi) is 16.2. The zero-order valence-corrected chi connectivity index (χ0v) is 32.4. The number of phenolic OH excluding ortho intramolecular Hbond substituents is 1. The summed E-state index contributed by atoms with van der Waals surface area (Å²) in [5, 5.41) is 32.2. The first-order valence-electron chi connectivity index (χ1n) is 16.6. The zero-order chi connectivity index (χ0) is 40.3. The molecular formula is C34H44N4O13S3. The minimum Gasteiger partial charge on any atom is -0.507 e. The van der Waals surface area contributed by atoms with Gasteiger partial charge in [0.2, 0.25) is 17.7 Å². The molecule has 54 heavy (non-hydrogen) atoms. The fraction of sp³-hybridized carbons (Fsp3) is 0.471. The maximum absolute atomic E-state index is 12.8. The largest absolute Gasteiger partial charge is 0.507 e. The van der Waals surface area contributed by atoms with E-state index in [-0.39, 0.29) is 37.4 Å². The van der Waals surface area contributed by atoms with E-state index < -0.39 is 75.5 Å². The Hall–Kier alpha value is -4.37. The third kappa shape index (κ3) is 12.6. The Balaban J connectivity index is 1.53. The average molecular weight is 813 g/mol. The summed E-state index contributed by atoms with van der Waals surface area (Å²) < 4.78 is 34.4. The van der Waals surface area contributed by atoms with E-state index in [1.807, 2.05) is 33.0 Å². The van der Waals surface area contributed by atoms with E-state index >= 15 is 0 Å². The highest BCUT2D eigenvalue weighted by Gasteiger charge is 2.35. The average Bonchev–Trinajstić information content (AvgIpc) is 3.12. The molecule has 0 radical (unpaired) electrons. The topological polar surface area (TPSA) is 281 Å². The lowest BCUT2D eigenvalue weighted by atomic mass is 9.87. The van der Waals surface area contributed by atoms with E-state index in [0.29, 0.717) is 34.9 Å². The molecule has 0 spiro atoms. The molecule has 0 saturated heterocycles. The third-order valence-electron chi connectivity index (χ3n) is 8.68. The van der Waals surface area contributed by atoms with Crippen molar-refractivity contribution in [3.05, 3.63) is 52.1 Å². The molecule has 3 rings (SSSR count). The first-order chi connectivity index (χ1) is 25.3. The molecule has 296 valence electrons. The first-order valence-corrected chi connectivity index (χ1v) is 20.0. The number of phenols is 1. The van der Waals surface area contributed by atoms with Crippen LogP contribution < -0.4 is 31.2 Å². The number of carbonyl (C=O) groups is 6. The Bertz CT molecular complexity index is 1780. The number of fused-ring (bicyclic) bond motifs is 1. The van der Waals surface area contributed by atoms with Crippen LogP contribution in [0, 0.1) is 20.8 Å². The normalized spacial score (nSPS) is 17.1. The summed E-state index contributed by atoms with van der Waals surface area (Å²) in [6.07, 6.45) is 0.565. The molecule has 2 aromatic rings. The van der Waals surface area contributed by atoms with Crippen molar-refractivity contribution >= 4 is 67.6 Å². The molecule has 1 heterocycles. The van der Waals surface area contributed by atoms with Gasteiger partial charge in [0.1, 0.15) is 53.3 Å². The van der Waals surface area contributed by atoms with Gasteiger partial charge in [-0.05, 0) is 87.8 Å². The number of carboxylic acids is 2. The van der Waals surface area contributed by atoms with Gasteiger partial charge in [-0.15, -0.1) is 0 Å². The zero-order valence-electron chi connectivity index (χ0n) is 30.0. The summed E-state index contributed by atoms with van der Waals surface area (Å²) >= 11 is -2.67. The van der Waals surface area contributed by atoms with Crippen LogP contribution in [-0.2, 0) is 47.9 Å². The smallest absolute Gasteiger partial charge is 0.322 e. The summed E-state index contributed by atoms with van der Waals surface area (Å²) in [4.78, 5) is 71.9. The van der Waals surface area contributed by atoms with Gasteiger partial charge in [0.15, 0.2) is 11.1 Å². The minimum atomic E-state index is -2.67. The Labute approximate surface area is 321 Å².